The van der Waals surface area contributed by atoms with Crippen molar-refractivity contribution in [3.05, 3.63) is 35.1 Å². The summed E-state index contributed by atoms with van der Waals surface area (Å²) in [5, 5.41) is 13.2. The zero-order valence-electron chi connectivity index (χ0n) is 12.1. The van der Waals surface area contributed by atoms with Gasteiger partial charge in [0.25, 0.3) is 0 Å². The summed E-state index contributed by atoms with van der Waals surface area (Å²) in [5.41, 5.74) is 2.33. The maximum absolute atomic E-state index is 13.5. The van der Waals surface area contributed by atoms with E-state index in [-0.39, 0.29) is 11.1 Å². The summed E-state index contributed by atoms with van der Waals surface area (Å²) < 4.78 is 20.8. The van der Waals surface area contributed by atoms with Crippen LogP contribution in [0, 0.1) is 5.82 Å². The Hall–Kier alpha value is -1.47. The number of aromatic nitrogens is 4. The average Bonchev–Trinajstić information content (AvgIpc) is 3.16. The molecule has 0 bridgehead atoms. The highest BCUT2D eigenvalue weighted by Gasteiger charge is 2.28. The SMILES string of the molecule is Fc1ccc2c(c1)[C@H](Sc1nnnn1C1CCOCC1)CC2. The molecule has 2 aromatic rings. The number of thioether (sulfide) groups is 1. The van der Waals surface area contributed by atoms with E-state index in [1.54, 1.807) is 17.8 Å². The van der Waals surface area contributed by atoms with Crippen molar-refractivity contribution in [1.29, 1.82) is 0 Å². The van der Waals surface area contributed by atoms with Gasteiger partial charge in [0, 0.05) is 18.5 Å². The first-order valence-corrected chi connectivity index (χ1v) is 8.50. The summed E-state index contributed by atoms with van der Waals surface area (Å²) in [4.78, 5) is 0. The third-order valence-corrected chi connectivity index (χ3v) is 5.63. The molecule has 1 aromatic carbocycles. The van der Waals surface area contributed by atoms with Crippen molar-refractivity contribution in [3.63, 3.8) is 0 Å². The fourth-order valence-corrected chi connectivity index (χ4v) is 4.42. The molecule has 7 heteroatoms. The highest BCUT2D eigenvalue weighted by atomic mass is 32.2. The molecule has 1 aromatic heterocycles. The molecule has 1 saturated heterocycles. The van der Waals surface area contributed by atoms with E-state index in [2.05, 4.69) is 15.5 Å². The molecule has 0 unspecified atom stereocenters. The normalized spacial score (nSPS) is 22.0. The molecular formula is C15H17FN4OS. The van der Waals surface area contributed by atoms with E-state index in [4.69, 9.17) is 4.74 Å². The number of hydrogen-bond acceptors (Lipinski definition) is 5. The monoisotopic (exact) mass is 320 g/mol. The molecular weight excluding hydrogens is 303 g/mol. The third-order valence-electron chi connectivity index (χ3n) is 4.38. The van der Waals surface area contributed by atoms with E-state index in [0.717, 1.165) is 49.6 Å². The maximum atomic E-state index is 13.5. The second kappa shape index (κ2) is 5.96. The minimum atomic E-state index is -0.171. The van der Waals surface area contributed by atoms with Crippen molar-refractivity contribution in [2.45, 2.75) is 42.1 Å². The maximum Gasteiger partial charge on any atom is 0.210 e. The van der Waals surface area contributed by atoms with Crippen LogP contribution in [0.3, 0.4) is 0 Å². The molecule has 0 amide bonds. The van der Waals surface area contributed by atoms with Gasteiger partial charge in [-0.25, -0.2) is 9.07 Å². The second-order valence-corrected chi connectivity index (χ2v) is 6.91. The van der Waals surface area contributed by atoms with Crippen LogP contribution in [0.4, 0.5) is 4.39 Å². The van der Waals surface area contributed by atoms with Crippen LogP contribution in [0.1, 0.15) is 41.7 Å². The number of ether oxygens (including phenoxy) is 1. The standard InChI is InChI=1S/C15H17FN4OS/c16-11-3-1-10-2-4-14(13(10)9-11)22-15-17-18-19-20(15)12-5-7-21-8-6-12/h1,3,9,12,14H,2,4-8H2/t14-/m1/s1. The van der Waals surface area contributed by atoms with E-state index >= 15 is 0 Å². The van der Waals surface area contributed by atoms with Gasteiger partial charge in [-0.3, -0.25) is 0 Å². The molecule has 4 rings (SSSR count). The number of nitrogens with zero attached hydrogens (tertiary/aromatic N) is 4. The van der Waals surface area contributed by atoms with Gasteiger partial charge in [-0.05, 0) is 59.4 Å². The van der Waals surface area contributed by atoms with Crippen LogP contribution in [0.2, 0.25) is 0 Å². The molecule has 0 N–H and O–H groups in total. The van der Waals surface area contributed by atoms with Crippen molar-refractivity contribution in [1.82, 2.24) is 20.2 Å². The summed E-state index contributed by atoms with van der Waals surface area (Å²) in [5.74, 6) is -0.171. The predicted molar refractivity (Wildman–Crippen MR) is 80.2 cm³/mol. The van der Waals surface area contributed by atoms with Crippen LogP contribution in [-0.2, 0) is 11.2 Å². The average molecular weight is 320 g/mol. The zero-order chi connectivity index (χ0) is 14.9. The first-order valence-electron chi connectivity index (χ1n) is 7.62. The molecule has 1 aliphatic heterocycles. The first-order chi connectivity index (χ1) is 10.8. The topological polar surface area (TPSA) is 52.8 Å². The lowest BCUT2D eigenvalue weighted by Gasteiger charge is -2.23. The smallest absolute Gasteiger partial charge is 0.210 e. The Morgan fingerprint density at radius 2 is 2.09 bits per heavy atom. The number of hydrogen-bond donors (Lipinski definition) is 0. The summed E-state index contributed by atoms with van der Waals surface area (Å²) in [6.45, 7) is 1.51. The lowest BCUT2D eigenvalue weighted by Crippen LogP contribution is -2.21. The van der Waals surface area contributed by atoms with Crippen molar-refractivity contribution in [2.24, 2.45) is 0 Å². The van der Waals surface area contributed by atoms with Crippen molar-refractivity contribution >= 4 is 11.8 Å². The van der Waals surface area contributed by atoms with Gasteiger partial charge in [-0.2, -0.15) is 0 Å². The second-order valence-electron chi connectivity index (χ2n) is 5.74. The van der Waals surface area contributed by atoms with Gasteiger partial charge >= 0.3 is 0 Å². The van der Waals surface area contributed by atoms with E-state index in [1.807, 2.05) is 10.7 Å². The highest BCUT2D eigenvalue weighted by molar-refractivity contribution is 7.99. The number of rotatable bonds is 3. The van der Waals surface area contributed by atoms with Crippen LogP contribution in [-0.4, -0.2) is 33.4 Å². The molecule has 0 spiro atoms. The van der Waals surface area contributed by atoms with E-state index in [1.165, 1.54) is 11.6 Å². The van der Waals surface area contributed by atoms with Crippen LogP contribution in [0.25, 0.3) is 0 Å². The number of tetrazole rings is 1. The largest absolute Gasteiger partial charge is 0.381 e. The van der Waals surface area contributed by atoms with E-state index < -0.39 is 0 Å². The van der Waals surface area contributed by atoms with Gasteiger partial charge in [-0.1, -0.05) is 17.8 Å². The van der Waals surface area contributed by atoms with Gasteiger partial charge in [0.05, 0.1) is 6.04 Å². The van der Waals surface area contributed by atoms with Crippen molar-refractivity contribution in [2.75, 3.05) is 13.2 Å². The van der Waals surface area contributed by atoms with Gasteiger partial charge in [0.15, 0.2) is 0 Å². The van der Waals surface area contributed by atoms with Crippen LogP contribution in [0.5, 0.6) is 0 Å². The lowest BCUT2D eigenvalue weighted by atomic mass is 10.1. The molecule has 1 fully saturated rings. The van der Waals surface area contributed by atoms with Crippen molar-refractivity contribution < 1.29 is 9.13 Å². The Labute approximate surface area is 132 Å². The molecule has 2 aliphatic rings. The van der Waals surface area contributed by atoms with E-state index in [9.17, 15) is 4.39 Å². The number of fused-ring (bicyclic) bond motifs is 1. The van der Waals surface area contributed by atoms with Crippen LogP contribution in [0.15, 0.2) is 23.4 Å². The van der Waals surface area contributed by atoms with Gasteiger partial charge in [0.2, 0.25) is 5.16 Å². The van der Waals surface area contributed by atoms with Gasteiger partial charge in [-0.15, -0.1) is 5.10 Å². The third kappa shape index (κ3) is 2.63. The molecule has 22 heavy (non-hydrogen) atoms. The summed E-state index contributed by atoms with van der Waals surface area (Å²) in [6, 6.07) is 5.40. The van der Waals surface area contributed by atoms with Gasteiger partial charge in [0.1, 0.15) is 5.82 Å². The molecule has 116 valence electrons. The zero-order valence-corrected chi connectivity index (χ0v) is 12.9. The Morgan fingerprint density at radius 3 is 2.95 bits per heavy atom. The quantitative estimate of drug-likeness (QED) is 0.870. The minimum absolute atomic E-state index is 0.171. The Kier molecular flexibility index (Phi) is 3.83. The molecule has 5 nitrogen and oxygen atoms in total. The first kappa shape index (κ1) is 14.1. The van der Waals surface area contributed by atoms with Crippen LogP contribution < -0.4 is 0 Å². The number of halogens is 1. The summed E-state index contributed by atoms with van der Waals surface area (Å²) in [7, 11) is 0. The number of aryl methyl sites for hydroxylation is 1. The van der Waals surface area contributed by atoms with Crippen molar-refractivity contribution in [3.8, 4) is 0 Å². The van der Waals surface area contributed by atoms with Gasteiger partial charge < -0.3 is 4.74 Å². The predicted octanol–water partition coefficient (Wildman–Crippen LogP) is 2.94. The molecule has 1 atom stereocenters. The lowest BCUT2D eigenvalue weighted by molar-refractivity contribution is 0.0631. The summed E-state index contributed by atoms with van der Waals surface area (Å²) in [6.07, 6.45) is 3.87. The Balaban J connectivity index is 1.56. The fourth-order valence-electron chi connectivity index (χ4n) is 3.21. The molecule has 0 saturated carbocycles. The Morgan fingerprint density at radius 1 is 1.23 bits per heavy atom. The number of benzene rings is 1. The molecule has 1 aliphatic carbocycles. The highest BCUT2D eigenvalue weighted by Crippen LogP contribution is 2.44. The molecule has 2 heterocycles. The van der Waals surface area contributed by atoms with Crippen LogP contribution >= 0.6 is 11.8 Å². The van der Waals surface area contributed by atoms with E-state index in [0.29, 0.717) is 6.04 Å². The fraction of sp³-hybridized carbons (Fsp3) is 0.533. The Bertz CT molecular complexity index is 671. The molecule has 0 radical (unpaired) electrons. The summed E-state index contributed by atoms with van der Waals surface area (Å²) >= 11 is 1.65. The minimum Gasteiger partial charge on any atom is -0.381 e.